The summed E-state index contributed by atoms with van der Waals surface area (Å²) in [7, 11) is 1.13. The van der Waals surface area contributed by atoms with E-state index in [1.54, 1.807) is 0 Å². The third kappa shape index (κ3) is 2.26. The number of carboxylic acid groups (broad SMARTS) is 1. The van der Waals surface area contributed by atoms with E-state index in [4.69, 9.17) is 5.11 Å². The predicted octanol–water partition coefficient (Wildman–Crippen LogP) is 2.80. The van der Waals surface area contributed by atoms with E-state index in [2.05, 4.69) is 4.74 Å². The van der Waals surface area contributed by atoms with E-state index in [1.807, 2.05) is 0 Å². The van der Waals surface area contributed by atoms with Crippen molar-refractivity contribution < 1.29 is 32.2 Å². The summed E-state index contributed by atoms with van der Waals surface area (Å²) in [6.45, 7) is -0.615. The maximum atomic E-state index is 13.8. The molecule has 1 aliphatic carbocycles. The molecule has 2 rings (SSSR count). The summed E-state index contributed by atoms with van der Waals surface area (Å²) >= 11 is 0. The second-order valence-corrected chi connectivity index (χ2v) is 4.91. The molecule has 0 aromatic heterocycles. The second kappa shape index (κ2) is 5.05. The van der Waals surface area contributed by atoms with Crippen LogP contribution in [0.4, 0.5) is 17.6 Å². The Morgan fingerprint density at radius 2 is 1.55 bits per heavy atom. The summed E-state index contributed by atoms with van der Waals surface area (Å²) in [5, 5.41) is 8.97. The Labute approximate surface area is 112 Å². The quantitative estimate of drug-likeness (QED) is 0.670. The van der Waals surface area contributed by atoms with Gasteiger partial charge in [0.05, 0.1) is 17.6 Å². The van der Waals surface area contributed by atoms with Crippen molar-refractivity contribution in [2.45, 2.75) is 25.9 Å². The lowest BCUT2D eigenvalue weighted by atomic mass is 9.94. The molecule has 0 atom stereocenters. The Bertz CT molecular complexity index is 538. The average molecular weight is 292 g/mol. The highest BCUT2D eigenvalue weighted by molar-refractivity contribution is 5.78. The summed E-state index contributed by atoms with van der Waals surface area (Å²) in [6.07, 6.45) is -0.115. The van der Waals surface area contributed by atoms with E-state index >= 15 is 0 Å². The van der Waals surface area contributed by atoms with Gasteiger partial charge in [0.1, 0.15) is 0 Å². The van der Waals surface area contributed by atoms with Crippen molar-refractivity contribution in [3.8, 4) is 0 Å². The lowest BCUT2D eigenvalue weighted by Gasteiger charge is -2.14. The van der Waals surface area contributed by atoms with E-state index in [-0.39, 0.29) is 12.8 Å². The van der Waals surface area contributed by atoms with Crippen molar-refractivity contribution in [3.63, 3.8) is 0 Å². The molecule has 0 radical (unpaired) electrons. The van der Waals surface area contributed by atoms with E-state index in [0.717, 1.165) is 7.11 Å². The number of carboxylic acids is 1. The van der Waals surface area contributed by atoms with Crippen LogP contribution in [-0.4, -0.2) is 18.2 Å². The lowest BCUT2D eigenvalue weighted by Crippen LogP contribution is -2.21. The molecule has 1 saturated carbocycles. The van der Waals surface area contributed by atoms with Gasteiger partial charge in [-0.1, -0.05) is 0 Å². The number of carbonyl (C=O) groups is 1. The topological polar surface area (TPSA) is 46.5 Å². The molecule has 1 aromatic carbocycles. The highest BCUT2D eigenvalue weighted by atomic mass is 19.2. The maximum absolute atomic E-state index is 13.8. The molecule has 3 nitrogen and oxygen atoms in total. The molecule has 0 spiro atoms. The highest BCUT2D eigenvalue weighted by Crippen LogP contribution is 2.49. The fourth-order valence-electron chi connectivity index (χ4n) is 2.10. The van der Waals surface area contributed by atoms with Gasteiger partial charge in [0.15, 0.2) is 23.3 Å². The summed E-state index contributed by atoms with van der Waals surface area (Å²) in [5.74, 6) is -7.41. The Morgan fingerprint density at radius 1 is 1.10 bits per heavy atom. The molecule has 0 amide bonds. The lowest BCUT2D eigenvalue weighted by molar-refractivity contribution is -0.143. The van der Waals surface area contributed by atoms with Crippen LogP contribution in [0.15, 0.2) is 0 Å². The zero-order chi connectivity index (χ0) is 15.1. The number of ether oxygens (including phenoxy) is 1. The van der Waals surface area contributed by atoms with Gasteiger partial charge in [0.2, 0.25) is 0 Å². The van der Waals surface area contributed by atoms with E-state index < -0.39 is 58.8 Å². The average Bonchev–Trinajstić information content (AvgIpc) is 3.19. The van der Waals surface area contributed by atoms with Crippen molar-refractivity contribution in [1.29, 1.82) is 0 Å². The zero-order valence-corrected chi connectivity index (χ0v) is 10.6. The van der Waals surface area contributed by atoms with Gasteiger partial charge < -0.3 is 9.84 Å². The van der Waals surface area contributed by atoms with Gasteiger partial charge in [-0.3, -0.25) is 4.79 Å². The zero-order valence-electron chi connectivity index (χ0n) is 10.6. The van der Waals surface area contributed by atoms with E-state index in [0.29, 0.717) is 0 Å². The molecule has 1 N–H and O–H groups in total. The highest BCUT2D eigenvalue weighted by Gasteiger charge is 2.51. The number of hydrogen-bond donors (Lipinski definition) is 1. The van der Waals surface area contributed by atoms with Crippen LogP contribution in [-0.2, 0) is 22.6 Å². The smallest absolute Gasteiger partial charge is 0.309 e. The first-order valence-electron chi connectivity index (χ1n) is 5.90. The minimum Gasteiger partial charge on any atom is -0.481 e. The number of aliphatic carboxylic acids is 1. The molecule has 0 aliphatic heterocycles. The van der Waals surface area contributed by atoms with Crippen molar-refractivity contribution in [2.24, 2.45) is 5.41 Å². The number of halogens is 4. The molecule has 110 valence electrons. The SMILES string of the molecule is COCc1c(F)c(F)c(CC2(C(=O)O)CC2)c(F)c1F. The summed E-state index contributed by atoms with van der Waals surface area (Å²) in [6, 6.07) is 0. The largest absolute Gasteiger partial charge is 0.481 e. The standard InChI is InChI=1S/C13H12F4O3/c1-20-5-7-10(16)8(14)6(9(15)11(7)17)4-13(2-3-13)12(18)19/h2-5H2,1H3,(H,18,19). The Hall–Kier alpha value is -1.63. The number of methoxy groups -OCH3 is 1. The van der Waals surface area contributed by atoms with Crippen LogP contribution in [0.2, 0.25) is 0 Å². The number of rotatable bonds is 5. The van der Waals surface area contributed by atoms with Crippen molar-refractivity contribution >= 4 is 5.97 Å². The summed E-state index contributed by atoms with van der Waals surface area (Å²) in [4.78, 5) is 11.0. The van der Waals surface area contributed by atoms with Gasteiger partial charge in [0, 0.05) is 12.7 Å². The second-order valence-electron chi connectivity index (χ2n) is 4.91. The Balaban J connectivity index is 2.47. The fourth-order valence-corrected chi connectivity index (χ4v) is 2.10. The molecule has 1 aliphatic rings. The van der Waals surface area contributed by atoms with E-state index in [9.17, 15) is 22.4 Å². The molecule has 20 heavy (non-hydrogen) atoms. The molecule has 0 saturated heterocycles. The predicted molar refractivity (Wildman–Crippen MR) is 60.0 cm³/mol. The van der Waals surface area contributed by atoms with Crippen LogP contribution in [0.1, 0.15) is 24.0 Å². The molecule has 1 fully saturated rings. The molecule has 0 bridgehead atoms. The summed E-state index contributed by atoms with van der Waals surface area (Å²) < 4.78 is 59.5. The van der Waals surface area contributed by atoms with Crippen LogP contribution in [0.5, 0.6) is 0 Å². The van der Waals surface area contributed by atoms with Gasteiger partial charge >= 0.3 is 5.97 Å². The third-order valence-electron chi connectivity index (χ3n) is 3.56. The van der Waals surface area contributed by atoms with Crippen molar-refractivity contribution in [1.82, 2.24) is 0 Å². The first-order chi connectivity index (χ1) is 9.34. The van der Waals surface area contributed by atoms with Crippen LogP contribution < -0.4 is 0 Å². The summed E-state index contributed by atoms with van der Waals surface area (Å²) in [5.41, 5.74) is -3.02. The Morgan fingerprint density at radius 3 is 1.90 bits per heavy atom. The van der Waals surface area contributed by atoms with Gasteiger partial charge in [-0.15, -0.1) is 0 Å². The van der Waals surface area contributed by atoms with Gasteiger partial charge in [-0.05, 0) is 19.3 Å². The third-order valence-corrected chi connectivity index (χ3v) is 3.56. The van der Waals surface area contributed by atoms with Gasteiger partial charge in [-0.2, -0.15) is 0 Å². The first-order valence-corrected chi connectivity index (χ1v) is 5.90. The molecular weight excluding hydrogens is 280 g/mol. The van der Waals surface area contributed by atoms with Crippen LogP contribution in [0.25, 0.3) is 0 Å². The normalized spacial score (nSPS) is 16.2. The fraction of sp³-hybridized carbons (Fsp3) is 0.462. The molecule has 0 unspecified atom stereocenters. The van der Waals surface area contributed by atoms with Gasteiger partial charge in [0.25, 0.3) is 0 Å². The van der Waals surface area contributed by atoms with Crippen LogP contribution in [0, 0.1) is 28.7 Å². The van der Waals surface area contributed by atoms with Crippen molar-refractivity contribution in [3.05, 3.63) is 34.4 Å². The number of benzene rings is 1. The maximum Gasteiger partial charge on any atom is 0.309 e. The van der Waals surface area contributed by atoms with E-state index in [1.165, 1.54) is 0 Å². The first kappa shape index (κ1) is 14.8. The monoisotopic (exact) mass is 292 g/mol. The number of hydrogen-bond acceptors (Lipinski definition) is 2. The molecule has 1 aromatic rings. The van der Waals surface area contributed by atoms with Crippen LogP contribution in [0.3, 0.4) is 0 Å². The van der Waals surface area contributed by atoms with Crippen LogP contribution >= 0.6 is 0 Å². The van der Waals surface area contributed by atoms with Crippen molar-refractivity contribution in [2.75, 3.05) is 7.11 Å². The Kier molecular flexibility index (Phi) is 3.73. The minimum atomic E-state index is -1.55. The molecule has 0 heterocycles. The molecule has 7 heteroatoms. The minimum absolute atomic E-state index is 0.226. The van der Waals surface area contributed by atoms with Gasteiger partial charge in [-0.25, -0.2) is 17.6 Å². The molecular formula is C13H12F4O3.